The molecule has 0 unspecified atom stereocenters. The van der Waals surface area contributed by atoms with E-state index in [0.29, 0.717) is 11.0 Å². The van der Waals surface area contributed by atoms with Crippen molar-refractivity contribution < 1.29 is 14.3 Å². The molecule has 1 spiro atoms. The lowest BCUT2D eigenvalue weighted by atomic mass is 9.69. The maximum absolute atomic E-state index is 12.5. The van der Waals surface area contributed by atoms with Crippen LogP contribution in [0.3, 0.4) is 0 Å². The van der Waals surface area contributed by atoms with Gasteiger partial charge >= 0.3 is 5.97 Å². The molecule has 2 aromatic heterocycles. The summed E-state index contributed by atoms with van der Waals surface area (Å²) >= 11 is 0. The predicted molar refractivity (Wildman–Crippen MR) is 129 cm³/mol. The number of nitrogens with one attached hydrogen (secondary N) is 1. The third kappa shape index (κ3) is 4.73. The summed E-state index contributed by atoms with van der Waals surface area (Å²) in [4.78, 5) is 12.5. The molecular weight excluding hydrogens is 430 g/mol. The average molecular weight is 464 g/mol. The molecule has 1 aliphatic heterocycles. The van der Waals surface area contributed by atoms with Gasteiger partial charge in [-0.2, -0.15) is 10.2 Å². The molecule has 1 N–H and O–H groups in total. The van der Waals surface area contributed by atoms with Crippen LogP contribution in [0.5, 0.6) is 5.75 Å². The van der Waals surface area contributed by atoms with Crippen LogP contribution in [0.4, 0.5) is 0 Å². The van der Waals surface area contributed by atoms with Crippen LogP contribution >= 0.6 is 0 Å². The minimum absolute atomic E-state index is 0.238. The first-order valence-corrected chi connectivity index (χ1v) is 12.0. The molecule has 1 saturated heterocycles. The van der Waals surface area contributed by atoms with Gasteiger partial charge in [-0.1, -0.05) is 0 Å². The second kappa shape index (κ2) is 8.58. The number of esters is 1. The van der Waals surface area contributed by atoms with E-state index in [-0.39, 0.29) is 6.10 Å². The van der Waals surface area contributed by atoms with E-state index >= 15 is 0 Å². The van der Waals surface area contributed by atoms with Crippen LogP contribution in [-0.2, 0) is 11.8 Å². The second-order valence-corrected chi connectivity index (χ2v) is 10.7. The molecule has 2 aliphatic rings. The number of aryl methyl sites for hydroxylation is 1. The van der Waals surface area contributed by atoms with Gasteiger partial charge in [0.1, 0.15) is 11.4 Å². The van der Waals surface area contributed by atoms with E-state index in [1.165, 1.54) is 12.8 Å². The van der Waals surface area contributed by atoms with Gasteiger partial charge in [-0.25, -0.2) is 9.48 Å². The van der Waals surface area contributed by atoms with Crippen molar-refractivity contribution in [1.29, 1.82) is 0 Å². The Labute approximate surface area is 200 Å². The van der Waals surface area contributed by atoms with Crippen molar-refractivity contribution in [1.82, 2.24) is 24.9 Å². The maximum atomic E-state index is 12.5. The third-order valence-corrected chi connectivity index (χ3v) is 6.74. The number of carbonyl (C=O) groups excluding carboxylic acids is 1. The summed E-state index contributed by atoms with van der Waals surface area (Å²) < 4.78 is 15.4. The molecule has 0 bridgehead atoms. The van der Waals surface area contributed by atoms with Crippen molar-refractivity contribution in [2.24, 2.45) is 12.5 Å². The summed E-state index contributed by atoms with van der Waals surface area (Å²) in [6.45, 7) is 7.85. The molecule has 180 valence electrons. The van der Waals surface area contributed by atoms with Gasteiger partial charge < -0.3 is 14.8 Å². The Balaban J connectivity index is 1.40. The van der Waals surface area contributed by atoms with Crippen LogP contribution in [0.15, 0.2) is 43.0 Å². The Bertz CT molecular complexity index is 1180. The molecule has 3 aromatic rings. The number of ether oxygens (including phenoxy) is 2. The Morgan fingerprint density at radius 1 is 1.12 bits per heavy atom. The Morgan fingerprint density at radius 3 is 2.50 bits per heavy atom. The number of rotatable bonds is 5. The normalized spacial score (nSPS) is 18.0. The molecule has 0 radical (unpaired) electrons. The molecule has 34 heavy (non-hydrogen) atoms. The van der Waals surface area contributed by atoms with Crippen LogP contribution in [-0.4, -0.2) is 50.3 Å². The lowest BCUT2D eigenvalue weighted by Crippen LogP contribution is -2.55. The number of hydrogen-bond donors (Lipinski definition) is 1. The average Bonchev–Trinajstić information content (AvgIpc) is 3.41. The van der Waals surface area contributed by atoms with Crippen LogP contribution in [0.25, 0.3) is 16.8 Å². The summed E-state index contributed by atoms with van der Waals surface area (Å²) in [6.07, 6.45) is 11.9. The monoisotopic (exact) mass is 463 g/mol. The van der Waals surface area contributed by atoms with Gasteiger partial charge in [0.05, 0.1) is 29.7 Å². The highest BCUT2D eigenvalue weighted by Crippen LogP contribution is 2.41. The highest BCUT2D eigenvalue weighted by atomic mass is 16.6. The minimum Gasteiger partial charge on any atom is -0.490 e. The fourth-order valence-corrected chi connectivity index (χ4v) is 4.82. The fraction of sp³-hybridized carbons (Fsp3) is 0.500. The predicted octanol–water partition coefficient (Wildman–Crippen LogP) is 4.14. The molecule has 3 heterocycles. The zero-order valence-electron chi connectivity index (χ0n) is 20.4. The Hall–Kier alpha value is -3.13. The van der Waals surface area contributed by atoms with E-state index in [9.17, 15) is 4.79 Å². The first-order chi connectivity index (χ1) is 16.2. The van der Waals surface area contributed by atoms with Gasteiger partial charge in [0.25, 0.3) is 0 Å². The summed E-state index contributed by atoms with van der Waals surface area (Å²) in [6, 6.07) is 6.03. The molecule has 8 nitrogen and oxygen atoms in total. The lowest BCUT2D eigenvalue weighted by Gasteiger charge is -2.47. The standard InChI is InChI=1S/C26H33N5O3/c1-25(2,3)34-24(32)19-13-29-31(15-19)23-6-5-21(11-22(23)18-12-28-30(4)14-18)33-20-7-9-26(10-8-20)16-27-17-26/h5-6,11-15,20,27H,7-10,16-17H2,1-4H3. The number of benzene rings is 1. The van der Waals surface area contributed by atoms with Crippen molar-refractivity contribution in [3.05, 3.63) is 48.5 Å². The molecule has 1 aromatic carbocycles. The van der Waals surface area contributed by atoms with E-state index in [0.717, 1.165) is 48.5 Å². The van der Waals surface area contributed by atoms with Crippen molar-refractivity contribution in [2.45, 2.75) is 58.2 Å². The quantitative estimate of drug-likeness (QED) is 0.573. The van der Waals surface area contributed by atoms with Crippen LogP contribution in [0, 0.1) is 5.41 Å². The Kier molecular flexibility index (Phi) is 5.72. The largest absolute Gasteiger partial charge is 0.490 e. The topological polar surface area (TPSA) is 83.2 Å². The van der Waals surface area contributed by atoms with E-state index in [4.69, 9.17) is 9.47 Å². The summed E-state index contributed by atoms with van der Waals surface area (Å²) in [5, 5.41) is 12.2. The first-order valence-electron chi connectivity index (χ1n) is 12.0. The van der Waals surface area contributed by atoms with Crippen LogP contribution < -0.4 is 10.1 Å². The molecule has 1 saturated carbocycles. The van der Waals surface area contributed by atoms with Gasteiger partial charge in [-0.15, -0.1) is 0 Å². The SMILES string of the molecule is Cn1cc(-c2cc(OC3CCC4(CC3)CNC4)ccc2-n2cc(C(=O)OC(C)(C)C)cn2)cn1. The van der Waals surface area contributed by atoms with Crippen LogP contribution in [0.2, 0.25) is 0 Å². The Morgan fingerprint density at radius 2 is 1.88 bits per heavy atom. The second-order valence-electron chi connectivity index (χ2n) is 10.7. The zero-order valence-corrected chi connectivity index (χ0v) is 20.4. The maximum Gasteiger partial charge on any atom is 0.341 e. The van der Waals surface area contributed by atoms with E-state index in [1.54, 1.807) is 21.8 Å². The smallest absolute Gasteiger partial charge is 0.341 e. The molecule has 0 amide bonds. The number of hydrogen-bond acceptors (Lipinski definition) is 6. The third-order valence-electron chi connectivity index (χ3n) is 6.74. The van der Waals surface area contributed by atoms with Gasteiger partial charge in [0, 0.05) is 43.7 Å². The van der Waals surface area contributed by atoms with Crippen molar-refractivity contribution in [3.8, 4) is 22.6 Å². The van der Waals surface area contributed by atoms with Crippen LogP contribution in [0.1, 0.15) is 56.8 Å². The highest BCUT2D eigenvalue weighted by molar-refractivity contribution is 5.89. The van der Waals surface area contributed by atoms with Crippen molar-refractivity contribution in [3.63, 3.8) is 0 Å². The van der Waals surface area contributed by atoms with E-state index in [2.05, 4.69) is 21.6 Å². The van der Waals surface area contributed by atoms with Gasteiger partial charge in [0.15, 0.2) is 0 Å². The van der Waals surface area contributed by atoms with Gasteiger partial charge in [0.2, 0.25) is 0 Å². The number of nitrogens with zero attached hydrogens (tertiary/aromatic N) is 4. The number of aromatic nitrogens is 4. The molecule has 5 rings (SSSR count). The number of carbonyl (C=O) groups is 1. The fourth-order valence-electron chi connectivity index (χ4n) is 4.82. The molecule has 1 aliphatic carbocycles. The zero-order chi connectivity index (χ0) is 23.9. The van der Waals surface area contributed by atoms with E-state index in [1.807, 2.05) is 52.3 Å². The van der Waals surface area contributed by atoms with Gasteiger partial charge in [-0.05, 0) is 70.1 Å². The summed E-state index contributed by atoms with van der Waals surface area (Å²) in [7, 11) is 1.89. The summed E-state index contributed by atoms with van der Waals surface area (Å²) in [5.41, 5.74) is 3.11. The lowest BCUT2D eigenvalue weighted by molar-refractivity contribution is 0.00695. The molecule has 8 heteroatoms. The minimum atomic E-state index is -0.563. The van der Waals surface area contributed by atoms with E-state index < -0.39 is 11.6 Å². The molecule has 0 atom stereocenters. The first kappa shape index (κ1) is 22.7. The summed E-state index contributed by atoms with van der Waals surface area (Å²) in [5.74, 6) is 0.452. The van der Waals surface area contributed by atoms with Crippen molar-refractivity contribution in [2.75, 3.05) is 13.1 Å². The molecule has 2 fully saturated rings. The molecular formula is C26H33N5O3. The highest BCUT2D eigenvalue weighted by Gasteiger charge is 2.40. The van der Waals surface area contributed by atoms with Crippen molar-refractivity contribution >= 4 is 5.97 Å². The van der Waals surface area contributed by atoms with Gasteiger partial charge in [-0.3, -0.25) is 4.68 Å².